The lowest BCUT2D eigenvalue weighted by Crippen LogP contribution is -2.44. The van der Waals surface area contributed by atoms with Crippen LogP contribution in [-0.4, -0.2) is 42.1 Å². The second-order valence-electron chi connectivity index (χ2n) is 5.03. The van der Waals surface area contributed by atoms with Crippen molar-refractivity contribution >= 4 is 5.91 Å². The summed E-state index contributed by atoms with van der Waals surface area (Å²) in [6.45, 7) is 5.37. The zero-order valence-electron chi connectivity index (χ0n) is 11.3. The molecule has 5 nitrogen and oxygen atoms in total. The minimum atomic E-state index is -0.00127. The minimum Gasteiger partial charge on any atom is -0.361 e. The van der Waals surface area contributed by atoms with E-state index in [1.54, 1.807) is 18.7 Å². The highest BCUT2D eigenvalue weighted by Gasteiger charge is 2.23. The first-order chi connectivity index (χ1) is 8.59. The van der Waals surface area contributed by atoms with Crippen molar-refractivity contribution in [3.05, 3.63) is 17.0 Å². The van der Waals surface area contributed by atoms with Gasteiger partial charge in [0.05, 0.1) is 5.69 Å². The van der Waals surface area contributed by atoms with Crippen LogP contribution >= 0.6 is 0 Å². The van der Waals surface area contributed by atoms with Crippen LogP contribution < -0.4 is 5.32 Å². The molecular formula is C13H21N3O2. The van der Waals surface area contributed by atoms with Gasteiger partial charge in [-0.3, -0.25) is 4.79 Å². The Hall–Kier alpha value is -1.36. The van der Waals surface area contributed by atoms with Gasteiger partial charge in [0, 0.05) is 19.6 Å². The molecule has 1 aromatic rings. The van der Waals surface area contributed by atoms with Gasteiger partial charge in [-0.15, -0.1) is 0 Å². The smallest absolute Gasteiger partial charge is 0.259 e. The van der Waals surface area contributed by atoms with Crippen LogP contribution in [0.5, 0.6) is 0 Å². The molecule has 0 bridgehead atoms. The molecule has 5 heteroatoms. The molecule has 0 saturated carbocycles. The Kier molecular flexibility index (Phi) is 4.01. The van der Waals surface area contributed by atoms with Gasteiger partial charge in [0.2, 0.25) is 0 Å². The van der Waals surface area contributed by atoms with E-state index < -0.39 is 0 Å². The fourth-order valence-electron chi connectivity index (χ4n) is 2.47. The molecule has 0 spiro atoms. The zero-order chi connectivity index (χ0) is 13.1. The Morgan fingerprint density at radius 3 is 2.83 bits per heavy atom. The van der Waals surface area contributed by atoms with Crippen molar-refractivity contribution in [2.75, 3.05) is 20.1 Å². The third kappa shape index (κ3) is 2.72. The van der Waals surface area contributed by atoms with E-state index in [4.69, 9.17) is 4.52 Å². The number of aryl methyl sites for hydroxylation is 2. The molecule has 0 radical (unpaired) electrons. The lowest BCUT2D eigenvalue weighted by molar-refractivity contribution is 0.0773. The van der Waals surface area contributed by atoms with E-state index in [0.717, 1.165) is 19.5 Å². The fourth-order valence-corrected chi connectivity index (χ4v) is 2.47. The predicted octanol–water partition coefficient (Wildman–Crippen LogP) is 1.51. The molecule has 1 saturated heterocycles. The standard InChI is InChI=1S/C13H21N3O2/c1-9-12(10(2)18-15-9)13(17)16(3)8-11-6-4-5-7-14-11/h11,14H,4-8H2,1-3H3. The van der Waals surface area contributed by atoms with Crippen molar-refractivity contribution in [1.29, 1.82) is 0 Å². The first-order valence-corrected chi connectivity index (χ1v) is 6.51. The lowest BCUT2D eigenvalue weighted by Gasteiger charge is -2.28. The molecule has 1 atom stereocenters. The topological polar surface area (TPSA) is 58.4 Å². The number of aromatic nitrogens is 1. The van der Waals surface area contributed by atoms with Crippen molar-refractivity contribution in [3.8, 4) is 0 Å². The minimum absolute atomic E-state index is 0.00127. The van der Waals surface area contributed by atoms with Crippen LogP contribution in [0.3, 0.4) is 0 Å². The van der Waals surface area contributed by atoms with Gasteiger partial charge in [-0.2, -0.15) is 0 Å². The van der Waals surface area contributed by atoms with Crippen molar-refractivity contribution < 1.29 is 9.32 Å². The number of nitrogens with one attached hydrogen (secondary N) is 1. The van der Waals surface area contributed by atoms with Crippen LogP contribution in [0.15, 0.2) is 4.52 Å². The summed E-state index contributed by atoms with van der Waals surface area (Å²) in [5, 5.41) is 7.27. The molecule has 18 heavy (non-hydrogen) atoms. The summed E-state index contributed by atoms with van der Waals surface area (Å²) in [6.07, 6.45) is 3.61. The average molecular weight is 251 g/mol. The average Bonchev–Trinajstić information content (AvgIpc) is 2.69. The SMILES string of the molecule is Cc1noc(C)c1C(=O)N(C)CC1CCCCN1. The summed E-state index contributed by atoms with van der Waals surface area (Å²) in [6, 6.07) is 0.410. The molecule has 1 aliphatic rings. The van der Waals surface area contributed by atoms with E-state index in [0.29, 0.717) is 23.1 Å². The van der Waals surface area contributed by atoms with Crippen LogP contribution in [0, 0.1) is 13.8 Å². The number of amides is 1. The normalized spacial score (nSPS) is 19.8. The number of carbonyl (C=O) groups is 1. The maximum atomic E-state index is 12.3. The molecule has 100 valence electrons. The van der Waals surface area contributed by atoms with Gasteiger partial charge < -0.3 is 14.7 Å². The highest BCUT2D eigenvalue weighted by atomic mass is 16.5. The van der Waals surface area contributed by atoms with Gasteiger partial charge in [0.1, 0.15) is 11.3 Å². The maximum absolute atomic E-state index is 12.3. The molecule has 1 unspecified atom stereocenters. The Morgan fingerprint density at radius 2 is 2.28 bits per heavy atom. The Morgan fingerprint density at radius 1 is 1.50 bits per heavy atom. The number of rotatable bonds is 3. The zero-order valence-corrected chi connectivity index (χ0v) is 11.3. The number of likely N-dealkylation sites (N-methyl/N-ethyl adjacent to an activating group) is 1. The second kappa shape index (κ2) is 5.52. The Balaban J connectivity index is 2.00. The van der Waals surface area contributed by atoms with Crippen molar-refractivity contribution in [3.63, 3.8) is 0 Å². The largest absolute Gasteiger partial charge is 0.361 e. The van der Waals surface area contributed by atoms with Crippen LogP contribution in [0.1, 0.15) is 41.1 Å². The molecule has 1 fully saturated rings. The van der Waals surface area contributed by atoms with Crippen LogP contribution in [0.2, 0.25) is 0 Å². The Bertz CT molecular complexity index is 402. The van der Waals surface area contributed by atoms with Gasteiger partial charge in [-0.05, 0) is 33.2 Å². The highest BCUT2D eigenvalue weighted by Crippen LogP contribution is 2.15. The van der Waals surface area contributed by atoms with Gasteiger partial charge in [0.15, 0.2) is 0 Å². The van der Waals surface area contributed by atoms with E-state index in [-0.39, 0.29) is 5.91 Å². The number of piperidine rings is 1. The molecule has 2 heterocycles. The summed E-state index contributed by atoms with van der Waals surface area (Å²) in [5.41, 5.74) is 1.27. The van der Waals surface area contributed by atoms with Crippen molar-refractivity contribution in [2.45, 2.75) is 39.2 Å². The van der Waals surface area contributed by atoms with E-state index in [2.05, 4.69) is 10.5 Å². The van der Waals surface area contributed by atoms with E-state index >= 15 is 0 Å². The summed E-state index contributed by atoms with van der Waals surface area (Å²) in [5.74, 6) is 0.597. The third-order valence-electron chi connectivity index (χ3n) is 3.50. The van der Waals surface area contributed by atoms with Crippen molar-refractivity contribution in [1.82, 2.24) is 15.4 Å². The Labute approximate surface area is 108 Å². The second-order valence-corrected chi connectivity index (χ2v) is 5.03. The number of carbonyl (C=O) groups excluding carboxylic acids is 1. The first kappa shape index (κ1) is 13.1. The monoisotopic (exact) mass is 251 g/mol. The van der Waals surface area contributed by atoms with Gasteiger partial charge >= 0.3 is 0 Å². The molecule has 1 amide bonds. The van der Waals surface area contributed by atoms with E-state index in [1.165, 1.54) is 12.8 Å². The molecule has 0 aliphatic carbocycles. The maximum Gasteiger partial charge on any atom is 0.259 e. The van der Waals surface area contributed by atoms with Crippen LogP contribution in [0.4, 0.5) is 0 Å². The summed E-state index contributed by atoms with van der Waals surface area (Å²) in [7, 11) is 1.84. The lowest BCUT2D eigenvalue weighted by atomic mass is 10.0. The molecular weight excluding hydrogens is 230 g/mol. The first-order valence-electron chi connectivity index (χ1n) is 6.51. The van der Waals surface area contributed by atoms with E-state index in [1.807, 2.05) is 7.05 Å². The number of hydrogen-bond acceptors (Lipinski definition) is 4. The van der Waals surface area contributed by atoms with E-state index in [9.17, 15) is 4.79 Å². The number of hydrogen-bond donors (Lipinski definition) is 1. The van der Waals surface area contributed by atoms with Gasteiger partial charge in [0.25, 0.3) is 5.91 Å². The summed E-state index contributed by atoms with van der Waals surface area (Å²) < 4.78 is 5.04. The fraction of sp³-hybridized carbons (Fsp3) is 0.692. The highest BCUT2D eigenvalue weighted by molar-refractivity contribution is 5.95. The van der Waals surface area contributed by atoms with Crippen molar-refractivity contribution in [2.24, 2.45) is 0 Å². The predicted molar refractivity (Wildman–Crippen MR) is 68.6 cm³/mol. The molecule has 2 rings (SSSR count). The van der Waals surface area contributed by atoms with Gasteiger partial charge in [-0.25, -0.2) is 0 Å². The quantitative estimate of drug-likeness (QED) is 0.884. The molecule has 1 aromatic heterocycles. The van der Waals surface area contributed by atoms with Gasteiger partial charge in [-0.1, -0.05) is 11.6 Å². The molecule has 1 aliphatic heterocycles. The summed E-state index contributed by atoms with van der Waals surface area (Å²) >= 11 is 0. The molecule has 0 aromatic carbocycles. The molecule has 1 N–H and O–H groups in total. The van der Waals surface area contributed by atoms with Crippen LogP contribution in [0.25, 0.3) is 0 Å². The number of nitrogens with zero attached hydrogens (tertiary/aromatic N) is 2. The summed E-state index contributed by atoms with van der Waals surface area (Å²) in [4.78, 5) is 14.1. The van der Waals surface area contributed by atoms with Crippen LogP contribution in [-0.2, 0) is 0 Å². The third-order valence-corrected chi connectivity index (χ3v) is 3.50.